The highest BCUT2D eigenvalue weighted by Crippen LogP contribution is 2.29. The van der Waals surface area contributed by atoms with Crippen molar-refractivity contribution in [1.82, 2.24) is 4.90 Å². The van der Waals surface area contributed by atoms with Crippen molar-refractivity contribution in [3.8, 4) is 5.75 Å². The van der Waals surface area contributed by atoms with Crippen LogP contribution in [0.1, 0.15) is 25.3 Å². The first-order valence-electron chi connectivity index (χ1n) is 9.29. The zero-order valence-corrected chi connectivity index (χ0v) is 17.5. The van der Waals surface area contributed by atoms with Gasteiger partial charge in [-0.25, -0.2) is 8.42 Å². The van der Waals surface area contributed by atoms with Gasteiger partial charge in [-0.3, -0.25) is 9.10 Å². The van der Waals surface area contributed by atoms with Crippen molar-refractivity contribution in [2.75, 3.05) is 30.8 Å². The molecule has 6 nitrogen and oxygen atoms in total. The Morgan fingerprint density at radius 1 is 1.04 bits per heavy atom. The van der Waals surface area contributed by atoms with Gasteiger partial charge in [-0.2, -0.15) is 0 Å². The molecule has 0 aliphatic rings. The summed E-state index contributed by atoms with van der Waals surface area (Å²) in [6.07, 6.45) is 1.87. The van der Waals surface area contributed by atoms with E-state index in [1.165, 1.54) is 11.4 Å². The normalized spacial score (nSPS) is 11.1. The average Bonchev–Trinajstić information content (AvgIpc) is 2.69. The summed E-state index contributed by atoms with van der Waals surface area (Å²) >= 11 is 0. The van der Waals surface area contributed by atoms with E-state index in [0.29, 0.717) is 30.9 Å². The van der Waals surface area contributed by atoms with Crippen molar-refractivity contribution < 1.29 is 17.9 Å². The van der Waals surface area contributed by atoms with E-state index in [4.69, 9.17) is 4.74 Å². The fourth-order valence-corrected chi connectivity index (χ4v) is 3.98. The molecule has 7 heteroatoms. The molecule has 2 rings (SSSR count). The number of sulfonamides is 1. The summed E-state index contributed by atoms with van der Waals surface area (Å²) in [4.78, 5) is 14.4. The highest BCUT2D eigenvalue weighted by molar-refractivity contribution is 7.92. The summed E-state index contributed by atoms with van der Waals surface area (Å²) < 4.78 is 31.2. The van der Waals surface area contributed by atoms with Gasteiger partial charge in [0.15, 0.2) is 0 Å². The molecule has 2 aromatic rings. The van der Waals surface area contributed by atoms with Gasteiger partial charge in [0.25, 0.3) is 0 Å². The molecule has 0 aliphatic heterocycles. The molecular weight excluding hydrogens is 376 g/mol. The van der Waals surface area contributed by atoms with Crippen LogP contribution < -0.4 is 9.04 Å². The van der Waals surface area contributed by atoms with E-state index in [9.17, 15) is 13.2 Å². The van der Waals surface area contributed by atoms with E-state index in [2.05, 4.69) is 0 Å². The van der Waals surface area contributed by atoms with Crippen LogP contribution in [0.25, 0.3) is 0 Å². The number of amides is 1. The monoisotopic (exact) mass is 404 g/mol. The number of para-hydroxylation sites is 2. The molecule has 0 radical (unpaired) electrons. The number of ether oxygens (including phenoxy) is 1. The lowest BCUT2D eigenvalue weighted by molar-refractivity contribution is -0.131. The second-order valence-electron chi connectivity index (χ2n) is 6.50. The molecule has 152 valence electrons. The van der Waals surface area contributed by atoms with Crippen LogP contribution in [0.15, 0.2) is 54.6 Å². The van der Waals surface area contributed by atoms with E-state index in [1.807, 2.05) is 37.3 Å². The van der Waals surface area contributed by atoms with Crippen LogP contribution in [0.5, 0.6) is 5.75 Å². The quantitative estimate of drug-likeness (QED) is 0.609. The van der Waals surface area contributed by atoms with Crippen LogP contribution in [0.2, 0.25) is 0 Å². The third kappa shape index (κ3) is 5.99. The zero-order valence-electron chi connectivity index (χ0n) is 16.7. The van der Waals surface area contributed by atoms with E-state index in [0.717, 1.165) is 11.8 Å². The van der Waals surface area contributed by atoms with Gasteiger partial charge in [0.2, 0.25) is 15.9 Å². The van der Waals surface area contributed by atoms with Gasteiger partial charge in [-0.15, -0.1) is 0 Å². The number of anilines is 1. The third-order valence-corrected chi connectivity index (χ3v) is 5.64. The largest absolute Gasteiger partial charge is 0.495 e. The Kier molecular flexibility index (Phi) is 7.87. The van der Waals surface area contributed by atoms with Crippen molar-refractivity contribution >= 4 is 21.6 Å². The minimum absolute atomic E-state index is 0.0137. The van der Waals surface area contributed by atoms with E-state index < -0.39 is 10.0 Å². The molecule has 0 bridgehead atoms. The van der Waals surface area contributed by atoms with E-state index >= 15 is 0 Å². The Morgan fingerprint density at radius 2 is 1.68 bits per heavy atom. The summed E-state index contributed by atoms with van der Waals surface area (Å²) in [6.45, 7) is 3.32. The molecule has 0 saturated carbocycles. The summed E-state index contributed by atoms with van der Waals surface area (Å²) in [7, 11) is -1.99. The van der Waals surface area contributed by atoms with E-state index in [-0.39, 0.29) is 18.9 Å². The zero-order chi connectivity index (χ0) is 20.6. The summed E-state index contributed by atoms with van der Waals surface area (Å²) in [6, 6.07) is 16.8. The number of rotatable bonds is 10. The Bertz CT molecular complexity index is 869. The van der Waals surface area contributed by atoms with Crippen molar-refractivity contribution in [1.29, 1.82) is 0 Å². The maximum atomic E-state index is 12.6. The maximum Gasteiger partial charge on any atom is 0.232 e. The number of carbonyl (C=O) groups excluding carboxylic acids is 1. The predicted octanol–water partition coefficient (Wildman–Crippen LogP) is 3.29. The number of hydrogen-bond donors (Lipinski definition) is 0. The number of nitrogens with zero attached hydrogens (tertiary/aromatic N) is 2. The molecule has 0 N–H and O–H groups in total. The second-order valence-corrected chi connectivity index (χ2v) is 8.41. The Hall–Kier alpha value is -2.54. The number of benzene rings is 2. The first-order valence-corrected chi connectivity index (χ1v) is 11.1. The van der Waals surface area contributed by atoms with Crippen molar-refractivity contribution in [2.24, 2.45) is 0 Å². The Labute approximate surface area is 167 Å². The van der Waals surface area contributed by atoms with Crippen molar-refractivity contribution in [3.63, 3.8) is 0 Å². The van der Waals surface area contributed by atoms with Gasteiger partial charge >= 0.3 is 0 Å². The minimum Gasteiger partial charge on any atom is -0.495 e. The first-order chi connectivity index (χ1) is 13.4. The molecule has 1 amide bonds. The fraction of sp³-hybridized carbons (Fsp3) is 0.381. The lowest BCUT2D eigenvalue weighted by Crippen LogP contribution is -2.33. The highest BCUT2D eigenvalue weighted by Gasteiger charge is 2.21. The molecule has 0 atom stereocenters. The van der Waals surface area contributed by atoms with Gasteiger partial charge in [0.1, 0.15) is 5.75 Å². The highest BCUT2D eigenvalue weighted by atomic mass is 32.2. The van der Waals surface area contributed by atoms with Crippen LogP contribution in [0, 0.1) is 0 Å². The summed E-state index contributed by atoms with van der Waals surface area (Å²) in [5, 5.41) is 0. The van der Waals surface area contributed by atoms with Gasteiger partial charge in [0.05, 0.1) is 19.1 Å². The summed E-state index contributed by atoms with van der Waals surface area (Å²) in [5.41, 5.74) is 1.56. The van der Waals surface area contributed by atoms with Crippen LogP contribution in [-0.2, 0) is 21.4 Å². The number of methoxy groups -OCH3 is 1. The summed E-state index contributed by atoms with van der Waals surface area (Å²) in [5.74, 6) is 0.498. The Balaban J connectivity index is 2.02. The van der Waals surface area contributed by atoms with Gasteiger partial charge < -0.3 is 9.64 Å². The fourth-order valence-electron chi connectivity index (χ4n) is 3.01. The average molecular weight is 405 g/mol. The molecule has 0 aromatic heterocycles. The molecule has 0 unspecified atom stereocenters. The molecule has 0 spiro atoms. The molecule has 0 heterocycles. The smallest absolute Gasteiger partial charge is 0.232 e. The molecule has 0 fully saturated rings. The van der Waals surface area contributed by atoms with Crippen LogP contribution >= 0.6 is 0 Å². The topological polar surface area (TPSA) is 66.9 Å². The SMILES string of the molecule is CCN(Cc1ccccc1)C(=O)CCCN(c1ccccc1OC)S(C)(=O)=O. The maximum absolute atomic E-state index is 12.6. The number of carbonyl (C=O) groups is 1. The minimum atomic E-state index is -3.49. The van der Waals surface area contributed by atoms with Gasteiger partial charge in [-0.05, 0) is 31.0 Å². The van der Waals surface area contributed by atoms with Crippen molar-refractivity contribution in [3.05, 3.63) is 60.2 Å². The third-order valence-electron chi connectivity index (χ3n) is 4.46. The lowest BCUT2D eigenvalue weighted by atomic mass is 10.2. The molecule has 28 heavy (non-hydrogen) atoms. The first kappa shape index (κ1) is 21.8. The van der Waals surface area contributed by atoms with Crippen LogP contribution in [-0.4, -0.2) is 45.7 Å². The Morgan fingerprint density at radius 3 is 2.29 bits per heavy atom. The molecular formula is C21H28N2O4S. The van der Waals surface area contributed by atoms with Gasteiger partial charge in [0, 0.05) is 26.1 Å². The molecule has 0 saturated heterocycles. The van der Waals surface area contributed by atoms with Gasteiger partial charge in [-0.1, -0.05) is 42.5 Å². The second kappa shape index (κ2) is 10.1. The number of hydrogen-bond acceptors (Lipinski definition) is 4. The molecule has 2 aromatic carbocycles. The van der Waals surface area contributed by atoms with Crippen LogP contribution in [0.3, 0.4) is 0 Å². The lowest BCUT2D eigenvalue weighted by Gasteiger charge is -2.25. The van der Waals surface area contributed by atoms with Crippen molar-refractivity contribution in [2.45, 2.75) is 26.3 Å². The van der Waals surface area contributed by atoms with E-state index in [1.54, 1.807) is 29.2 Å². The van der Waals surface area contributed by atoms with Crippen LogP contribution in [0.4, 0.5) is 5.69 Å². The standard InChI is InChI=1S/C21H28N2O4S/c1-4-22(17-18-11-6-5-7-12-18)21(24)15-10-16-23(28(3,25)26)19-13-8-9-14-20(19)27-2/h5-9,11-14H,4,10,15-17H2,1-3H3. The molecule has 0 aliphatic carbocycles. The predicted molar refractivity (Wildman–Crippen MR) is 112 cm³/mol.